The number of fused-ring (bicyclic) bond motifs is 1. The maximum atomic E-state index is 14.1. The van der Waals surface area contributed by atoms with Crippen molar-refractivity contribution in [3.05, 3.63) is 109 Å². The lowest BCUT2D eigenvalue weighted by Crippen LogP contribution is -2.44. The van der Waals surface area contributed by atoms with E-state index in [0.717, 1.165) is 43.2 Å². The zero-order valence-corrected chi connectivity index (χ0v) is 24.6. The minimum absolute atomic E-state index is 0.193. The summed E-state index contributed by atoms with van der Waals surface area (Å²) in [6, 6.07) is 19.9. The Kier molecular flexibility index (Phi) is 7.82. The zero-order valence-electron chi connectivity index (χ0n) is 23.8. The third kappa shape index (κ3) is 5.31. The normalized spacial score (nSPS) is 17.6. The fraction of sp³-hybridized carbons (Fsp3) is 0.281. The van der Waals surface area contributed by atoms with E-state index in [9.17, 15) is 9.59 Å². The van der Waals surface area contributed by atoms with Crippen LogP contribution in [-0.2, 0) is 9.53 Å². The van der Waals surface area contributed by atoms with E-state index in [0.29, 0.717) is 32.1 Å². The number of esters is 1. The zero-order chi connectivity index (χ0) is 29.2. The van der Waals surface area contributed by atoms with Crippen molar-refractivity contribution in [3.63, 3.8) is 0 Å². The molecule has 10 heteroatoms. The van der Waals surface area contributed by atoms with Crippen molar-refractivity contribution in [3.8, 4) is 5.75 Å². The molecule has 0 aliphatic carbocycles. The van der Waals surface area contributed by atoms with E-state index in [1.165, 1.54) is 11.3 Å². The van der Waals surface area contributed by atoms with Crippen LogP contribution in [0, 0.1) is 0 Å². The van der Waals surface area contributed by atoms with Gasteiger partial charge in [-0.25, -0.2) is 9.79 Å². The molecule has 1 fully saturated rings. The number of benzene rings is 2. The number of nitrogens with zero attached hydrogens (tertiary/aromatic N) is 4. The fourth-order valence-corrected chi connectivity index (χ4v) is 6.27. The number of aromatic nitrogens is 1. The molecule has 2 aromatic heterocycles. The summed E-state index contributed by atoms with van der Waals surface area (Å²) in [6.07, 6.45) is 1.75. The SMILES string of the molecule is CCOC(=O)C1=C(c2ccccc2)N=c2s/c(=C\c3ccc(N4CCN(C)CC4)o3)c(=O)n2C1c1ccc(OC)cc1. The molecule has 0 spiro atoms. The Morgan fingerprint density at radius 3 is 2.48 bits per heavy atom. The number of ether oxygens (including phenoxy) is 2. The van der Waals surface area contributed by atoms with Gasteiger partial charge in [-0.05, 0) is 37.7 Å². The molecule has 216 valence electrons. The summed E-state index contributed by atoms with van der Waals surface area (Å²) >= 11 is 1.27. The highest BCUT2D eigenvalue weighted by Crippen LogP contribution is 2.35. The van der Waals surface area contributed by atoms with Crippen LogP contribution in [0.15, 0.2) is 86.5 Å². The average molecular weight is 585 g/mol. The minimum Gasteiger partial charge on any atom is -0.497 e. The van der Waals surface area contributed by atoms with Gasteiger partial charge >= 0.3 is 5.97 Å². The molecule has 2 aliphatic rings. The number of thiazole rings is 1. The lowest BCUT2D eigenvalue weighted by atomic mass is 9.93. The van der Waals surface area contributed by atoms with Gasteiger partial charge in [-0.3, -0.25) is 9.36 Å². The molecule has 9 nitrogen and oxygen atoms in total. The fourth-order valence-electron chi connectivity index (χ4n) is 5.29. The Morgan fingerprint density at radius 2 is 1.79 bits per heavy atom. The summed E-state index contributed by atoms with van der Waals surface area (Å²) in [5, 5.41) is 0. The first-order valence-electron chi connectivity index (χ1n) is 13.9. The van der Waals surface area contributed by atoms with Gasteiger partial charge < -0.3 is 23.7 Å². The van der Waals surface area contributed by atoms with E-state index >= 15 is 0 Å². The standard InChI is InChI=1S/C32H32N4O5S/c1-4-40-31(38)27-28(21-8-6-5-7-9-21)33-32-36(29(27)22-10-12-23(39-3)13-11-22)30(37)25(42-32)20-24-14-15-26(41-24)35-18-16-34(2)17-19-35/h5-15,20,29H,4,16-19H2,1-3H3/b25-20-. The number of rotatable bonds is 7. The number of piperazine rings is 1. The summed E-state index contributed by atoms with van der Waals surface area (Å²) in [5.41, 5.74) is 2.04. The summed E-state index contributed by atoms with van der Waals surface area (Å²) in [5.74, 6) is 1.53. The predicted molar refractivity (Wildman–Crippen MR) is 162 cm³/mol. The summed E-state index contributed by atoms with van der Waals surface area (Å²) in [7, 11) is 3.71. The maximum Gasteiger partial charge on any atom is 0.338 e. The maximum absolute atomic E-state index is 14.1. The Bertz CT molecular complexity index is 1800. The van der Waals surface area contributed by atoms with Crippen molar-refractivity contribution < 1.29 is 18.7 Å². The van der Waals surface area contributed by atoms with Crippen LogP contribution < -0.4 is 24.5 Å². The predicted octanol–water partition coefficient (Wildman–Crippen LogP) is 3.29. The van der Waals surface area contributed by atoms with E-state index < -0.39 is 12.0 Å². The molecule has 1 saturated heterocycles. The number of likely N-dealkylation sites (N-methyl/N-ethyl adjacent to an activating group) is 1. The van der Waals surface area contributed by atoms with Crippen LogP contribution in [0.3, 0.4) is 0 Å². The lowest BCUT2D eigenvalue weighted by molar-refractivity contribution is -0.138. The molecular formula is C32H32N4O5S. The quantitative estimate of drug-likeness (QED) is 0.308. The minimum atomic E-state index is -0.749. The molecule has 1 atom stereocenters. The van der Waals surface area contributed by atoms with Gasteiger partial charge in [0.1, 0.15) is 11.5 Å². The largest absolute Gasteiger partial charge is 0.497 e. The molecule has 2 aliphatic heterocycles. The first kappa shape index (κ1) is 27.7. The van der Waals surface area contributed by atoms with E-state index in [2.05, 4.69) is 16.8 Å². The third-order valence-corrected chi connectivity index (χ3v) is 8.49. The average Bonchev–Trinajstić information content (AvgIpc) is 3.61. The van der Waals surface area contributed by atoms with Crippen LogP contribution in [-0.4, -0.2) is 62.4 Å². The van der Waals surface area contributed by atoms with Gasteiger partial charge in [-0.15, -0.1) is 0 Å². The molecule has 2 aromatic carbocycles. The molecule has 4 aromatic rings. The van der Waals surface area contributed by atoms with Gasteiger partial charge in [0, 0.05) is 43.9 Å². The first-order valence-corrected chi connectivity index (χ1v) is 14.7. The highest BCUT2D eigenvalue weighted by Gasteiger charge is 2.35. The van der Waals surface area contributed by atoms with E-state index in [-0.39, 0.29) is 12.2 Å². The summed E-state index contributed by atoms with van der Waals surface area (Å²) in [6.45, 7) is 5.65. The van der Waals surface area contributed by atoms with Crippen LogP contribution in [0.1, 0.15) is 29.9 Å². The van der Waals surface area contributed by atoms with Gasteiger partial charge in [0.2, 0.25) is 0 Å². The van der Waals surface area contributed by atoms with Crippen molar-refractivity contribution in [2.45, 2.75) is 13.0 Å². The summed E-state index contributed by atoms with van der Waals surface area (Å²) in [4.78, 5) is 37.5. The topological polar surface area (TPSA) is 89.5 Å². The molecule has 0 radical (unpaired) electrons. The number of carbonyl (C=O) groups excluding carboxylic acids is 1. The molecule has 0 bridgehead atoms. The number of methoxy groups -OCH3 is 1. The third-order valence-electron chi connectivity index (χ3n) is 7.51. The lowest BCUT2D eigenvalue weighted by Gasteiger charge is -2.32. The van der Waals surface area contributed by atoms with E-state index in [4.69, 9.17) is 18.9 Å². The van der Waals surface area contributed by atoms with Gasteiger partial charge in [0.25, 0.3) is 5.56 Å². The first-order chi connectivity index (χ1) is 20.5. The molecular weight excluding hydrogens is 552 g/mol. The van der Waals surface area contributed by atoms with Crippen molar-refractivity contribution in [2.75, 3.05) is 51.8 Å². The van der Waals surface area contributed by atoms with Crippen LogP contribution in [0.25, 0.3) is 11.8 Å². The number of hydrogen-bond donors (Lipinski definition) is 0. The van der Waals surface area contributed by atoms with E-state index in [1.807, 2.05) is 66.7 Å². The molecule has 4 heterocycles. The number of hydrogen-bond acceptors (Lipinski definition) is 9. The van der Waals surface area contributed by atoms with Crippen molar-refractivity contribution in [1.29, 1.82) is 0 Å². The molecule has 6 rings (SSSR count). The molecule has 0 N–H and O–H groups in total. The highest BCUT2D eigenvalue weighted by atomic mass is 32.1. The number of anilines is 1. The Hall–Kier alpha value is -4.41. The van der Waals surface area contributed by atoms with Gasteiger partial charge in [-0.1, -0.05) is 53.8 Å². The Balaban J connectivity index is 1.51. The second-order valence-corrected chi connectivity index (χ2v) is 11.2. The highest BCUT2D eigenvalue weighted by molar-refractivity contribution is 7.07. The Labute approximate surface area is 247 Å². The van der Waals surface area contributed by atoms with Crippen LogP contribution in [0.5, 0.6) is 5.75 Å². The number of furan rings is 1. The van der Waals surface area contributed by atoms with Crippen molar-refractivity contribution >= 4 is 35.0 Å². The summed E-state index contributed by atoms with van der Waals surface area (Å²) < 4.78 is 19.1. The molecule has 42 heavy (non-hydrogen) atoms. The van der Waals surface area contributed by atoms with Gasteiger partial charge in [0.15, 0.2) is 10.7 Å². The van der Waals surface area contributed by atoms with Crippen LogP contribution >= 0.6 is 11.3 Å². The van der Waals surface area contributed by atoms with Crippen molar-refractivity contribution in [1.82, 2.24) is 9.47 Å². The molecule has 0 saturated carbocycles. The smallest absolute Gasteiger partial charge is 0.338 e. The van der Waals surface area contributed by atoms with Crippen LogP contribution in [0.4, 0.5) is 5.88 Å². The van der Waals surface area contributed by atoms with Crippen molar-refractivity contribution in [2.24, 2.45) is 4.99 Å². The Morgan fingerprint density at radius 1 is 1.05 bits per heavy atom. The second kappa shape index (κ2) is 11.8. The van der Waals surface area contributed by atoms with Gasteiger partial charge in [-0.2, -0.15) is 0 Å². The van der Waals surface area contributed by atoms with E-state index in [1.54, 1.807) is 24.7 Å². The monoisotopic (exact) mass is 584 g/mol. The number of carbonyl (C=O) groups is 1. The van der Waals surface area contributed by atoms with Crippen LogP contribution in [0.2, 0.25) is 0 Å². The van der Waals surface area contributed by atoms with Gasteiger partial charge in [0.05, 0.1) is 35.6 Å². The molecule has 1 unspecified atom stereocenters. The second-order valence-electron chi connectivity index (χ2n) is 10.2. The molecule has 0 amide bonds.